The third-order valence-corrected chi connectivity index (χ3v) is 7.39. The van der Waals surface area contributed by atoms with Gasteiger partial charge in [0, 0.05) is 33.0 Å². The Morgan fingerprint density at radius 2 is 1.53 bits per heavy atom. The molecule has 0 heterocycles. The van der Waals surface area contributed by atoms with E-state index in [1.165, 1.54) is 12.1 Å². The fourth-order valence-corrected chi connectivity index (χ4v) is 5.41. The third kappa shape index (κ3) is 3.93. The Balaban J connectivity index is 1.56. The first kappa shape index (κ1) is 23.7. The predicted octanol–water partition coefficient (Wildman–Crippen LogP) is 5.40. The molecule has 0 fully saturated rings. The number of hydrogen-bond donors (Lipinski definition) is 5. The lowest BCUT2D eigenvalue weighted by atomic mass is 9.80. The lowest BCUT2D eigenvalue weighted by Crippen LogP contribution is -2.18. The number of carbonyl (C=O) groups excluding carboxylic acids is 1. The van der Waals surface area contributed by atoms with Crippen LogP contribution in [0, 0.1) is 0 Å². The second-order valence-corrected chi connectivity index (χ2v) is 10.3. The molecule has 7 nitrogen and oxygen atoms in total. The van der Waals surface area contributed by atoms with Gasteiger partial charge in [0.25, 0.3) is 10.1 Å². The van der Waals surface area contributed by atoms with Crippen molar-refractivity contribution in [3.63, 3.8) is 0 Å². The summed E-state index contributed by atoms with van der Waals surface area (Å²) in [6.07, 6.45) is 0. The van der Waals surface area contributed by atoms with Gasteiger partial charge in [0.2, 0.25) is 0 Å². The van der Waals surface area contributed by atoms with Crippen LogP contribution < -0.4 is 16.8 Å². The molecule has 0 saturated heterocycles. The molecule has 180 valence electrons. The van der Waals surface area contributed by atoms with Crippen LogP contribution >= 0.6 is 12.6 Å². The molecule has 1 aliphatic carbocycles. The van der Waals surface area contributed by atoms with Crippen molar-refractivity contribution in [1.82, 2.24) is 0 Å². The van der Waals surface area contributed by atoms with Crippen LogP contribution in [0.15, 0.2) is 89.2 Å². The number of ketones is 1. The summed E-state index contributed by atoms with van der Waals surface area (Å²) in [5.41, 5.74) is 17.5. The van der Waals surface area contributed by atoms with Gasteiger partial charge in [0.05, 0.1) is 16.9 Å². The van der Waals surface area contributed by atoms with Crippen LogP contribution in [0.1, 0.15) is 27.0 Å². The minimum absolute atomic E-state index is 0.174. The normalized spacial score (nSPS) is 12.7. The Bertz CT molecular complexity index is 1700. The summed E-state index contributed by atoms with van der Waals surface area (Å²) in [6.45, 7) is 4.19. The number of rotatable bonds is 4. The fraction of sp³-hybridized carbons (Fsp3) is 0. The molecule has 36 heavy (non-hydrogen) atoms. The van der Waals surface area contributed by atoms with Gasteiger partial charge in [-0.1, -0.05) is 49.0 Å². The number of nitrogen functional groups attached to an aromatic ring is 2. The van der Waals surface area contributed by atoms with Gasteiger partial charge in [0.15, 0.2) is 5.78 Å². The standard InChI is InChI=1S/C27H21N3O4S2/c1-14-18-4-2-3-5-20(18)27(31)25-21(13-22(35)26(29)24(14)25)30-17-9-6-15(7-10-17)19-11-8-16(28)12-23(19)36(32,33)34/h2-13,30,35H,1,28-29H2,(H,32,33,34). The third-order valence-electron chi connectivity index (χ3n) is 6.13. The quantitative estimate of drug-likeness (QED) is 0.123. The average molecular weight is 516 g/mol. The van der Waals surface area contributed by atoms with Crippen molar-refractivity contribution in [1.29, 1.82) is 0 Å². The van der Waals surface area contributed by atoms with Crippen molar-refractivity contribution in [3.8, 4) is 11.1 Å². The maximum atomic E-state index is 13.5. The highest BCUT2D eigenvalue weighted by Gasteiger charge is 2.31. The smallest absolute Gasteiger partial charge is 0.295 e. The van der Waals surface area contributed by atoms with Crippen molar-refractivity contribution in [2.24, 2.45) is 0 Å². The number of carbonyl (C=O) groups is 1. The largest absolute Gasteiger partial charge is 0.399 e. The maximum absolute atomic E-state index is 13.5. The van der Waals surface area contributed by atoms with Gasteiger partial charge >= 0.3 is 0 Å². The molecule has 0 unspecified atom stereocenters. The van der Waals surface area contributed by atoms with Crippen LogP contribution in [0.5, 0.6) is 0 Å². The molecule has 1 aliphatic rings. The summed E-state index contributed by atoms with van der Waals surface area (Å²) in [7, 11) is -4.48. The van der Waals surface area contributed by atoms with E-state index in [0.717, 1.165) is 5.56 Å². The van der Waals surface area contributed by atoms with E-state index in [0.29, 0.717) is 55.3 Å². The van der Waals surface area contributed by atoms with Gasteiger partial charge in [-0.3, -0.25) is 9.35 Å². The van der Waals surface area contributed by atoms with Crippen molar-refractivity contribution in [3.05, 3.63) is 102 Å². The van der Waals surface area contributed by atoms with E-state index >= 15 is 0 Å². The Morgan fingerprint density at radius 1 is 0.861 bits per heavy atom. The number of nitrogens with two attached hydrogens (primary N) is 2. The summed E-state index contributed by atoms with van der Waals surface area (Å²) < 4.78 is 33.3. The van der Waals surface area contributed by atoms with Crippen molar-refractivity contribution in [2.45, 2.75) is 9.79 Å². The topological polar surface area (TPSA) is 136 Å². The van der Waals surface area contributed by atoms with E-state index < -0.39 is 10.1 Å². The number of benzene rings is 4. The SMILES string of the molecule is C=C1c2ccccc2C(=O)c2c(Nc3ccc(-c4ccc(N)cc4S(=O)(=O)O)cc3)cc(S)c(N)c21. The number of anilines is 4. The molecular formula is C27H21N3O4S2. The van der Waals surface area contributed by atoms with Crippen LogP contribution in [-0.4, -0.2) is 18.8 Å². The zero-order valence-electron chi connectivity index (χ0n) is 18.8. The molecule has 4 aromatic carbocycles. The lowest BCUT2D eigenvalue weighted by Gasteiger charge is -2.26. The van der Waals surface area contributed by atoms with Gasteiger partial charge < -0.3 is 16.8 Å². The van der Waals surface area contributed by atoms with Gasteiger partial charge in [-0.2, -0.15) is 8.42 Å². The molecular weight excluding hydrogens is 494 g/mol. The molecule has 0 radical (unpaired) electrons. The van der Waals surface area contributed by atoms with E-state index in [-0.39, 0.29) is 16.4 Å². The van der Waals surface area contributed by atoms with E-state index in [2.05, 4.69) is 24.5 Å². The van der Waals surface area contributed by atoms with Crippen molar-refractivity contribution >= 4 is 56.9 Å². The maximum Gasteiger partial charge on any atom is 0.295 e. The number of hydrogen-bond acceptors (Lipinski definition) is 7. The predicted molar refractivity (Wildman–Crippen MR) is 146 cm³/mol. The summed E-state index contributed by atoms with van der Waals surface area (Å²) in [5.74, 6) is -0.174. The molecule has 0 bridgehead atoms. The number of thiol groups is 1. The first-order valence-corrected chi connectivity index (χ1v) is 12.7. The highest BCUT2D eigenvalue weighted by atomic mass is 32.2. The van der Waals surface area contributed by atoms with E-state index in [4.69, 9.17) is 11.5 Å². The molecule has 0 aliphatic heterocycles. The molecule has 5 rings (SSSR count). The first-order chi connectivity index (χ1) is 17.1. The molecule has 0 atom stereocenters. The van der Waals surface area contributed by atoms with Crippen LogP contribution in [0.25, 0.3) is 16.7 Å². The van der Waals surface area contributed by atoms with E-state index in [9.17, 15) is 17.8 Å². The number of nitrogens with one attached hydrogen (secondary N) is 1. The Kier molecular flexibility index (Phi) is 5.63. The monoisotopic (exact) mass is 515 g/mol. The molecule has 0 aromatic heterocycles. The fourth-order valence-electron chi connectivity index (χ4n) is 4.42. The molecule has 0 spiro atoms. The molecule has 6 N–H and O–H groups in total. The van der Waals surface area contributed by atoms with Crippen molar-refractivity contribution < 1.29 is 17.8 Å². The average Bonchev–Trinajstić information content (AvgIpc) is 2.84. The Hall–Kier alpha value is -4.05. The first-order valence-electron chi connectivity index (χ1n) is 10.8. The van der Waals surface area contributed by atoms with Crippen LogP contribution in [-0.2, 0) is 10.1 Å². The number of fused-ring (bicyclic) bond motifs is 2. The Morgan fingerprint density at radius 3 is 2.19 bits per heavy atom. The summed E-state index contributed by atoms with van der Waals surface area (Å²) in [6, 6.07) is 20.1. The highest BCUT2D eigenvalue weighted by molar-refractivity contribution is 7.86. The molecule has 0 amide bonds. The second-order valence-electron chi connectivity index (χ2n) is 8.39. The summed E-state index contributed by atoms with van der Waals surface area (Å²) in [5, 5.41) is 3.26. The summed E-state index contributed by atoms with van der Waals surface area (Å²) >= 11 is 4.51. The second kappa shape index (κ2) is 8.56. The van der Waals surface area contributed by atoms with Gasteiger partial charge in [0.1, 0.15) is 4.90 Å². The zero-order chi connectivity index (χ0) is 25.8. The van der Waals surface area contributed by atoms with Gasteiger partial charge in [-0.05, 0) is 47.0 Å². The van der Waals surface area contributed by atoms with E-state index in [1.54, 1.807) is 48.5 Å². The highest BCUT2D eigenvalue weighted by Crippen LogP contribution is 2.44. The molecule has 4 aromatic rings. The summed E-state index contributed by atoms with van der Waals surface area (Å²) in [4.78, 5) is 13.7. The van der Waals surface area contributed by atoms with Crippen LogP contribution in [0.2, 0.25) is 0 Å². The molecule has 9 heteroatoms. The van der Waals surface area contributed by atoms with Crippen LogP contribution in [0.3, 0.4) is 0 Å². The minimum Gasteiger partial charge on any atom is -0.399 e. The zero-order valence-corrected chi connectivity index (χ0v) is 20.5. The Labute approximate surface area is 213 Å². The van der Waals surface area contributed by atoms with Crippen LogP contribution in [0.4, 0.5) is 22.7 Å². The van der Waals surface area contributed by atoms with Gasteiger partial charge in [-0.15, -0.1) is 12.6 Å². The lowest BCUT2D eigenvalue weighted by molar-refractivity contribution is 0.103. The van der Waals surface area contributed by atoms with Gasteiger partial charge in [-0.25, -0.2) is 0 Å². The van der Waals surface area contributed by atoms with E-state index in [1.807, 2.05) is 12.1 Å². The molecule has 0 saturated carbocycles. The minimum atomic E-state index is -4.48. The van der Waals surface area contributed by atoms with Crippen molar-refractivity contribution in [2.75, 3.05) is 16.8 Å².